The van der Waals surface area contributed by atoms with Crippen LogP contribution in [0.15, 0.2) is 47.6 Å². The molecule has 2 aromatic rings. The molecule has 21 heavy (non-hydrogen) atoms. The summed E-state index contributed by atoms with van der Waals surface area (Å²) >= 11 is 2.02. The van der Waals surface area contributed by atoms with Gasteiger partial charge in [0.2, 0.25) is 0 Å². The summed E-state index contributed by atoms with van der Waals surface area (Å²) in [6.07, 6.45) is 5.68. The van der Waals surface area contributed by atoms with Crippen molar-refractivity contribution in [2.45, 2.75) is 56.0 Å². The van der Waals surface area contributed by atoms with Gasteiger partial charge in [-0.05, 0) is 50.5 Å². The van der Waals surface area contributed by atoms with Crippen LogP contribution in [0.25, 0.3) is 0 Å². The third kappa shape index (κ3) is 3.92. The lowest BCUT2D eigenvalue weighted by atomic mass is 10.1. The van der Waals surface area contributed by atoms with Crippen molar-refractivity contribution in [3.8, 4) is 0 Å². The minimum Gasteiger partial charge on any atom is -0.353 e. The van der Waals surface area contributed by atoms with Crippen molar-refractivity contribution in [3.63, 3.8) is 0 Å². The smallest absolute Gasteiger partial charge is 0.0345 e. The Morgan fingerprint density at radius 3 is 2.81 bits per heavy atom. The van der Waals surface area contributed by atoms with Crippen LogP contribution < -0.4 is 5.32 Å². The Kier molecular flexibility index (Phi) is 4.14. The van der Waals surface area contributed by atoms with Gasteiger partial charge < -0.3 is 9.88 Å². The maximum atomic E-state index is 3.54. The molecule has 0 radical (unpaired) electrons. The number of fused-ring (bicyclic) bond motifs is 1. The van der Waals surface area contributed by atoms with Gasteiger partial charge >= 0.3 is 0 Å². The lowest BCUT2D eigenvalue weighted by Gasteiger charge is -2.19. The van der Waals surface area contributed by atoms with Crippen molar-refractivity contribution in [1.82, 2.24) is 9.88 Å². The summed E-state index contributed by atoms with van der Waals surface area (Å²) in [5, 5.41) is 4.21. The molecule has 0 aliphatic carbocycles. The second-order valence-electron chi connectivity index (χ2n) is 6.87. The maximum absolute atomic E-state index is 3.54. The Labute approximate surface area is 131 Å². The summed E-state index contributed by atoms with van der Waals surface area (Å²) < 4.78 is 2.34. The molecule has 0 bridgehead atoms. The van der Waals surface area contributed by atoms with Crippen LogP contribution in [0.5, 0.6) is 0 Å². The molecule has 1 aliphatic rings. The summed E-state index contributed by atoms with van der Waals surface area (Å²) in [6, 6.07) is 11.0. The molecule has 1 unspecified atom stereocenters. The van der Waals surface area contributed by atoms with Crippen LogP contribution in [0.2, 0.25) is 0 Å². The van der Waals surface area contributed by atoms with E-state index in [2.05, 4.69) is 73.4 Å². The van der Waals surface area contributed by atoms with E-state index < -0.39 is 0 Å². The van der Waals surface area contributed by atoms with Gasteiger partial charge in [-0.3, -0.25) is 0 Å². The second-order valence-corrected chi connectivity index (χ2v) is 8.21. The van der Waals surface area contributed by atoms with Crippen molar-refractivity contribution in [2.75, 3.05) is 0 Å². The second kappa shape index (κ2) is 5.90. The molecule has 1 N–H and O–H groups in total. The SMILES string of the molecule is CC(C)(C)NCc1ccn(CC2Cc3ccccc3S2)c1. The lowest BCUT2D eigenvalue weighted by Crippen LogP contribution is -2.34. The predicted octanol–water partition coefficient (Wildman–Crippen LogP) is 4.09. The third-order valence-corrected chi connectivity index (χ3v) is 5.06. The highest BCUT2D eigenvalue weighted by molar-refractivity contribution is 8.00. The van der Waals surface area contributed by atoms with E-state index in [1.54, 1.807) is 0 Å². The van der Waals surface area contributed by atoms with Crippen molar-refractivity contribution in [3.05, 3.63) is 53.9 Å². The normalized spacial score (nSPS) is 18.0. The molecule has 112 valence electrons. The van der Waals surface area contributed by atoms with E-state index in [0.717, 1.165) is 13.1 Å². The van der Waals surface area contributed by atoms with E-state index in [1.165, 1.54) is 22.4 Å². The van der Waals surface area contributed by atoms with Crippen molar-refractivity contribution >= 4 is 11.8 Å². The van der Waals surface area contributed by atoms with Gasteiger partial charge in [-0.2, -0.15) is 0 Å². The van der Waals surface area contributed by atoms with Crippen molar-refractivity contribution in [1.29, 1.82) is 0 Å². The number of benzene rings is 1. The number of hydrogen-bond donors (Lipinski definition) is 1. The van der Waals surface area contributed by atoms with Crippen molar-refractivity contribution < 1.29 is 0 Å². The number of thioether (sulfide) groups is 1. The van der Waals surface area contributed by atoms with Crippen molar-refractivity contribution in [2.24, 2.45) is 0 Å². The first-order valence-electron chi connectivity index (χ1n) is 7.64. The lowest BCUT2D eigenvalue weighted by molar-refractivity contribution is 0.424. The molecule has 0 fully saturated rings. The van der Waals surface area contributed by atoms with Crippen LogP contribution in [0.1, 0.15) is 31.9 Å². The Morgan fingerprint density at radius 1 is 1.24 bits per heavy atom. The highest BCUT2D eigenvalue weighted by Gasteiger charge is 2.21. The summed E-state index contributed by atoms with van der Waals surface area (Å²) in [6.45, 7) is 8.65. The van der Waals surface area contributed by atoms with Gasteiger partial charge in [0.05, 0.1) is 0 Å². The fraction of sp³-hybridized carbons (Fsp3) is 0.444. The van der Waals surface area contributed by atoms with Crippen LogP contribution in [0.4, 0.5) is 0 Å². The molecule has 0 saturated carbocycles. The van der Waals surface area contributed by atoms with Crippen LogP contribution >= 0.6 is 11.8 Å². The molecule has 2 nitrogen and oxygen atoms in total. The Balaban J connectivity index is 1.56. The standard InChI is InChI=1S/C18H24N2S/c1-18(2,3)19-11-14-8-9-20(12-14)13-16-10-15-6-4-5-7-17(15)21-16/h4-9,12,16,19H,10-11,13H2,1-3H3. The first kappa shape index (κ1) is 14.7. The largest absolute Gasteiger partial charge is 0.353 e. The van der Waals surface area contributed by atoms with E-state index in [-0.39, 0.29) is 5.54 Å². The monoisotopic (exact) mass is 300 g/mol. The summed E-state index contributed by atoms with van der Waals surface area (Å²) in [5.41, 5.74) is 3.05. The summed E-state index contributed by atoms with van der Waals surface area (Å²) in [7, 11) is 0. The van der Waals surface area contributed by atoms with Crippen LogP contribution in [-0.4, -0.2) is 15.4 Å². The van der Waals surface area contributed by atoms with Gasteiger partial charge in [-0.25, -0.2) is 0 Å². The van der Waals surface area contributed by atoms with Crippen LogP contribution in [-0.2, 0) is 19.5 Å². The summed E-state index contributed by atoms with van der Waals surface area (Å²) in [5.74, 6) is 0. The predicted molar refractivity (Wildman–Crippen MR) is 90.8 cm³/mol. The number of rotatable bonds is 4. The van der Waals surface area contributed by atoms with E-state index in [0.29, 0.717) is 5.25 Å². The fourth-order valence-corrected chi connectivity index (χ4v) is 4.00. The van der Waals surface area contributed by atoms with Crippen LogP contribution in [0, 0.1) is 0 Å². The zero-order valence-corrected chi connectivity index (χ0v) is 13.9. The topological polar surface area (TPSA) is 17.0 Å². The average Bonchev–Trinajstić information content (AvgIpc) is 3.01. The molecule has 1 atom stereocenters. The maximum Gasteiger partial charge on any atom is 0.0345 e. The molecule has 0 spiro atoms. The molecular weight excluding hydrogens is 276 g/mol. The Morgan fingerprint density at radius 2 is 2.05 bits per heavy atom. The molecular formula is C18H24N2S. The molecule has 1 aromatic heterocycles. The van der Waals surface area contributed by atoms with E-state index in [4.69, 9.17) is 0 Å². The summed E-state index contributed by atoms with van der Waals surface area (Å²) in [4.78, 5) is 1.46. The fourth-order valence-electron chi connectivity index (χ4n) is 2.67. The van der Waals surface area contributed by atoms with Gasteiger partial charge in [-0.15, -0.1) is 11.8 Å². The Hall–Kier alpha value is -1.19. The van der Waals surface area contributed by atoms with Crippen LogP contribution in [0.3, 0.4) is 0 Å². The third-order valence-electron chi connectivity index (χ3n) is 3.76. The Bertz CT molecular complexity index is 585. The highest BCUT2D eigenvalue weighted by atomic mass is 32.2. The quantitative estimate of drug-likeness (QED) is 0.916. The molecule has 3 rings (SSSR count). The number of nitrogens with one attached hydrogen (secondary N) is 1. The first-order valence-corrected chi connectivity index (χ1v) is 8.52. The van der Waals surface area contributed by atoms with Gasteiger partial charge in [0.1, 0.15) is 0 Å². The van der Waals surface area contributed by atoms with E-state index >= 15 is 0 Å². The molecule has 0 amide bonds. The number of nitrogens with zero attached hydrogens (tertiary/aromatic N) is 1. The zero-order chi connectivity index (χ0) is 14.9. The first-order chi connectivity index (χ1) is 9.99. The van der Waals surface area contributed by atoms with Gasteiger partial charge in [-0.1, -0.05) is 18.2 Å². The molecule has 2 heterocycles. The highest BCUT2D eigenvalue weighted by Crippen LogP contribution is 2.37. The molecule has 3 heteroatoms. The molecule has 0 saturated heterocycles. The molecule has 1 aliphatic heterocycles. The van der Waals surface area contributed by atoms with Gasteiger partial charge in [0.15, 0.2) is 0 Å². The van der Waals surface area contributed by atoms with Gasteiger partial charge in [0, 0.05) is 41.2 Å². The number of hydrogen-bond acceptors (Lipinski definition) is 2. The minimum atomic E-state index is 0.172. The average molecular weight is 300 g/mol. The molecule has 1 aromatic carbocycles. The zero-order valence-electron chi connectivity index (χ0n) is 13.1. The minimum absolute atomic E-state index is 0.172. The number of aromatic nitrogens is 1. The van der Waals surface area contributed by atoms with E-state index in [1.807, 2.05) is 11.8 Å². The van der Waals surface area contributed by atoms with E-state index in [9.17, 15) is 0 Å². The van der Waals surface area contributed by atoms with Gasteiger partial charge in [0.25, 0.3) is 0 Å².